The van der Waals surface area contributed by atoms with E-state index in [0.29, 0.717) is 6.04 Å². The molecule has 0 saturated carbocycles. The van der Waals surface area contributed by atoms with Crippen LogP contribution in [-0.4, -0.2) is 29.3 Å². The van der Waals surface area contributed by atoms with E-state index in [2.05, 4.69) is 21.2 Å². The SMILES string of the molecule is N[C@H]1CCc2nnc(N3CCCC3)cc2C1. The van der Waals surface area contributed by atoms with Gasteiger partial charge in [0.15, 0.2) is 5.82 Å². The van der Waals surface area contributed by atoms with E-state index in [-0.39, 0.29) is 0 Å². The largest absolute Gasteiger partial charge is 0.355 e. The maximum Gasteiger partial charge on any atom is 0.151 e. The number of anilines is 1. The minimum atomic E-state index is 0.308. The van der Waals surface area contributed by atoms with Gasteiger partial charge in [0.2, 0.25) is 0 Å². The smallest absolute Gasteiger partial charge is 0.151 e. The van der Waals surface area contributed by atoms with Crippen LogP contribution in [0, 0.1) is 0 Å². The van der Waals surface area contributed by atoms with E-state index in [4.69, 9.17) is 5.73 Å². The van der Waals surface area contributed by atoms with Crippen LogP contribution in [0.1, 0.15) is 30.5 Å². The van der Waals surface area contributed by atoms with E-state index < -0.39 is 0 Å². The van der Waals surface area contributed by atoms with Gasteiger partial charge in [0.25, 0.3) is 0 Å². The summed E-state index contributed by atoms with van der Waals surface area (Å²) in [7, 11) is 0. The van der Waals surface area contributed by atoms with Crippen LogP contribution in [0.25, 0.3) is 0 Å². The van der Waals surface area contributed by atoms with Gasteiger partial charge in [-0.1, -0.05) is 0 Å². The van der Waals surface area contributed by atoms with Gasteiger partial charge in [-0.15, -0.1) is 5.10 Å². The maximum atomic E-state index is 5.99. The Bertz CT molecular complexity index is 385. The van der Waals surface area contributed by atoms with Gasteiger partial charge < -0.3 is 10.6 Å². The Morgan fingerprint density at radius 2 is 2.06 bits per heavy atom. The molecule has 0 spiro atoms. The monoisotopic (exact) mass is 218 g/mol. The molecule has 4 nitrogen and oxygen atoms in total. The van der Waals surface area contributed by atoms with E-state index in [0.717, 1.165) is 43.9 Å². The minimum absolute atomic E-state index is 0.308. The number of nitrogens with two attached hydrogens (primary N) is 1. The Kier molecular flexibility index (Phi) is 2.52. The van der Waals surface area contributed by atoms with E-state index in [9.17, 15) is 0 Å². The Morgan fingerprint density at radius 3 is 2.88 bits per heavy atom. The zero-order valence-electron chi connectivity index (χ0n) is 9.52. The van der Waals surface area contributed by atoms with Crippen LogP contribution in [0.15, 0.2) is 6.07 Å². The van der Waals surface area contributed by atoms with Gasteiger partial charge in [0.1, 0.15) is 0 Å². The highest BCUT2D eigenvalue weighted by Crippen LogP contribution is 2.23. The molecule has 1 atom stereocenters. The molecule has 16 heavy (non-hydrogen) atoms. The van der Waals surface area contributed by atoms with Crippen LogP contribution >= 0.6 is 0 Å². The Morgan fingerprint density at radius 1 is 1.25 bits per heavy atom. The van der Waals surface area contributed by atoms with E-state index in [1.54, 1.807) is 0 Å². The normalized spacial score (nSPS) is 24.6. The van der Waals surface area contributed by atoms with Crippen LogP contribution in [0.4, 0.5) is 5.82 Å². The van der Waals surface area contributed by atoms with Gasteiger partial charge in [-0.3, -0.25) is 0 Å². The van der Waals surface area contributed by atoms with Gasteiger partial charge in [-0.25, -0.2) is 0 Å². The third-order valence-corrected chi connectivity index (χ3v) is 3.61. The lowest BCUT2D eigenvalue weighted by molar-refractivity contribution is 0.560. The standard InChI is InChI=1S/C12H18N4/c13-10-3-4-11-9(7-10)8-12(15-14-11)16-5-1-2-6-16/h8,10H,1-7,13H2/t10-/m0/s1. The molecule has 1 saturated heterocycles. The summed E-state index contributed by atoms with van der Waals surface area (Å²) >= 11 is 0. The second-order valence-corrected chi connectivity index (χ2v) is 4.87. The third kappa shape index (κ3) is 1.78. The lowest BCUT2D eigenvalue weighted by Crippen LogP contribution is -2.29. The van der Waals surface area contributed by atoms with Crippen molar-refractivity contribution in [2.45, 2.75) is 38.1 Å². The number of aryl methyl sites for hydroxylation is 1. The number of hydrogen-bond acceptors (Lipinski definition) is 4. The van der Waals surface area contributed by atoms with Crippen molar-refractivity contribution in [3.63, 3.8) is 0 Å². The van der Waals surface area contributed by atoms with Crippen LogP contribution < -0.4 is 10.6 Å². The highest BCUT2D eigenvalue weighted by molar-refractivity contribution is 5.43. The molecule has 0 radical (unpaired) electrons. The minimum Gasteiger partial charge on any atom is -0.355 e. The average molecular weight is 218 g/mol. The molecular weight excluding hydrogens is 200 g/mol. The van der Waals surface area contributed by atoms with Gasteiger partial charge in [-0.2, -0.15) is 5.10 Å². The fraction of sp³-hybridized carbons (Fsp3) is 0.667. The molecule has 4 heteroatoms. The molecule has 1 fully saturated rings. The number of aromatic nitrogens is 2. The molecule has 0 amide bonds. The summed E-state index contributed by atoms with van der Waals surface area (Å²) in [6, 6.07) is 2.51. The number of fused-ring (bicyclic) bond motifs is 1. The summed E-state index contributed by atoms with van der Waals surface area (Å²) in [5.41, 5.74) is 8.46. The molecule has 1 aliphatic heterocycles. The van der Waals surface area contributed by atoms with Gasteiger partial charge in [0.05, 0.1) is 5.69 Å². The Hall–Kier alpha value is -1.16. The molecule has 2 aliphatic rings. The van der Waals surface area contributed by atoms with Crippen molar-refractivity contribution in [2.24, 2.45) is 5.73 Å². The summed E-state index contributed by atoms with van der Waals surface area (Å²) in [5.74, 6) is 1.05. The van der Waals surface area contributed by atoms with E-state index in [1.807, 2.05) is 0 Å². The maximum absolute atomic E-state index is 5.99. The first kappa shape index (κ1) is 10.0. The van der Waals surface area contributed by atoms with Crippen molar-refractivity contribution in [1.82, 2.24) is 10.2 Å². The zero-order valence-corrected chi connectivity index (χ0v) is 9.52. The second kappa shape index (κ2) is 4.01. The molecule has 1 aliphatic carbocycles. The van der Waals surface area contributed by atoms with E-state index >= 15 is 0 Å². The van der Waals surface area contributed by atoms with Crippen molar-refractivity contribution >= 4 is 5.82 Å². The lowest BCUT2D eigenvalue weighted by atomic mass is 9.93. The average Bonchev–Trinajstić information content (AvgIpc) is 2.81. The molecule has 1 aromatic heterocycles. The molecule has 2 N–H and O–H groups in total. The first-order valence-corrected chi connectivity index (χ1v) is 6.19. The van der Waals surface area contributed by atoms with Crippen molar-refractivity contribution in [2.75, 3.05) is 18.0 Å². The fourth-order valence-corrected chi connectivity index (χ4v) is 2.64. The van der Waals surface area contributed by atoms with Crippen LogP contribution in [0.3, 0.4) is 0 Å². The number of rotatable bonds is 1. The molecular formula is C12H18N4. The summed E-state index contributed by atoms with van der Waals surface area (Å²) < 4.78 is 0. The predicted octanol–water partition coefficient (Wildman–Crippen LogP) is 0.893. The van der Waals surface area contributed by atoms with Crippen LogP contribution in [0.5, 0.6) is 0 Å². The molecule has 0 unspecified atom stereocenters. The van der Waals surface area contributed by atoms with Gasteiger partial charge in [0, 0.05) is 19.1 Å². The summed E-state index contributed by atoms with van der Waals surface area (Å²) in [6.45, 7) is 2.25. The zero-order chi connectivity index (χ0) is 11.0. The highest BCUT2D eigenvalue weighted by atomic mass is 15.3. The molecule has 2 heterocycles. The third-order valence-electron chi connectivity index (χ3n) is 3.61. The van der Waals surface area contributed by atoms with Gasteiger partial charge in [-0.05, 0) is 43.7 Å². The highest BCUT2D eigenvalue weighted by Gasteiger charge is 2.20. The van der Waals surface area contributed by atoms with E-state index in [1.165, 1.54) is 18.4 Å². The first-order chi connectivity index (χ1) is 7.83. The first-order valence-electron chi connectivity index (χ1n) is 6.19. The van der Waals surface area contributed by atoms with Crippen molar-refractivity contribution in [3.8, 4) is 0 Å². The van der Waals surface area contributed by atoms with Gasteiger partial charge >= 0.3 is 0 Å². The molecule has 86 valence electrons. The fourth-order valence-electron chi connectivity index (χ4n) is 2.64. The predicted molar refractivity (Wildman–Crippen MR) is 63.5 cm³/mol. The lowest BCUT2D eigenvalue weighted by Gasteiger charge is -2.22. The molecule has 0 bridgehead atoms. The second-order valence-electron chi connectivity index (χ2n) is 4.87. The Labute approximate surface area is 95.8 Å². The summed E-state index contributed by atoms with van der Waals surface area (Å²) in [6.07, 6.45) is 5.55. The number of hydrogen-bond donors (Lipinski definition) is 1. The van der Waals surface area contributed by atoms with Crippen molar-refractivity contribution in [3.05, 3.63) is 17.3 Å². The topological polar surface area (TPSA) is 55.0 Å². The quantitative estimate of drug-likeness (QED) is 0.760. The van der Waals surface area contributed by atoms with Crippen LogP contribution in [-0.2, 0) is 12.8 Å². The van der Waals surface area contributed by atoms with Crippen LogP contribution in [0.2, 0.25) is 0 Å². The van der Waals surface area contributed by atoms with Crippen molar-refractivity contribution in [1.29, 1.82) is 0 Å². The summed E-state index contributed by atoms with van der Waals surface area (Å²) in [5, 5.41) is 8.69. The molecule has 3 rings (SSSR count). The Balaban J connectivity index is 1.88. The summed E-state index contributed by atoms with van der Waals surface area (Å²) in [4.78, 5) is 2.33. The molecule has 1 aromatic rings. The molecule has 0 aromatic carbocycles. The number of nitrogens with zero attached hydrogens (tertiary/aromatic N) is 3. The van der Waals surface area contributed by atoms with Crippen molar-refractivity contribution < 1.29 is 0 Å².